The maximum Gasteiger partial charge on any atom is 0.219 e. The standard InChI is InChI=1S/C13H19N3O3S/c17-20(18,11-3-4-11)16-7-5-10(6-8-16)13-15-14-12(19-13)9-1-2-9/h9-11H,1-8H2. The molecule has 7 heteroatoms. The fourth-order valence-corrected chi connectivity index (χ4v) is 4.71. The van der Waals surface area contributed by atoms with Crippen molar-refractivity contribution in [2.45, 2.75) is 55.6 Å². The first-order chi connectivity index (χ1) is 9.64. The molecule has 2 aliphatic carbocycles. The number of nitrogens with zero attached hydrogens (tertiary/aromatic N) is 3. The van der Waals surface area contributed by atoms with Crippen LogP contribution in [0.15, 0.2) is 4.42 Å². The molecule has 0 N–H and O–H groups in total. The predicted molar refractivity (Wildman–Crippen MR) is 71.8 cm³/mol. The number of hydrogen-bond donors (Lipinski definition) is 0. The SMILES string of the molecule is O=S(=O)(C1CC1)N1CCC(c2nnc(C3CC3)o2)CC1. The Morgan fingerprint density at radius 2 is 1.45 bits per heavy atom. The highest BCUT2D eigenvalue weighted by molar-refractivity contribution is 7.90. The largest absolute Gasteiger partial charge is 0.425 e. The predicted octanol–water partition coefficient (Wildman–Crippen LogP) is 1.62. The molecular weight excluding hydrogens is 278 g/mol. The molecule has 0 atom stereocenters. The molecule has 1 aromatic heterocycles. The van der Waals surface area contributed by atoms with E-state index in [1.807, 2.05) is 0 Å². The molecule has 1 aliphatic heterocycles. The Kier molecular flexibility index (Phi) is 2.89. The minimum atomic E-state index is -3.03. The van der Waals surface area contributed by atoms with Crippen molar-refractivity contribution in [1.82, 2.24) is 14.5 Å². The Hall–Kier alpha value is -0.950. The second kappa shape index (κ2) is 4.53. The van der Waals surface area contributed by atoms with Crippen LogP contribution >= 0.6 is 0 Å². The normalized spacial score (nSPS) is 26.0. The summed E-state index contributed by atoms with van der Waals surface area (Å²) in [5.74, 6) is 2.18. The number of piperidine rings is 1. The van der Waals surface area contributed by atoms with Crippen molar-refractivity contribution in [3.05, 3.63) is 11.8 Å². The van der Waals surface area contributed by atoms with Gasteiger partial charge >= 0.3 is 0 Å². The molecule has 3 aliphatic rings. The van der Waals surface area contributed by atoms with Gasteiger partial charge in [-0.25, -0.2) is 12.7 Å². The van der Waals surface area contributed by atoms with Gasteiger partial charge in [-0.2, -0.15) is 0 Å². The molecule has 0 aromatic carbocycles. The van der Waals surface area contributed by atoms with Crippen molar-refractivity contribution in [2.24, 2.45) is 0 Å². The van der Waals surface area contributed by atoms with Gasteiger partial charge in [-0.15, -0.1) is 10.2 Å². The van der Waals surface area contributed by atoms with E-state index >= 15 is 0 Å². The van der Waals surface area contributed by atoms with Crippen LogP contribution in [0, 0.1) is 0 Å². The molecule has 4 rings (SSSR count). The van der Waals surface area contributed by atoms with Gasteiger partial charge < -0.3 is 4.42 Å². The monoisotopic (exact) mass is 297 g/mol. The van der Waals surface area contributed by atoms with E-state index in [1.165, 1.54) is 0 Å². The van der Waals surface area contributed by atoms with Gasteiger partial charge in [0.25, 0.3) is 0 Å². The molecule has 0 spiro atoms. The van der Waals surface area contributed by atoms with Crippen LogP contribution in [-0.2, 0) is 10.0 Å². The summed E-state index contributed by atoms with van der Waals surface area (Å²) in [4.78, 5) is 0. The van der Waals surface area contributed by atoms with Crippen molar-refractivity contribution in [3.8, 4) is 0 Å². The number of sulfonamides is 1. The maximum absolute atomic E-state index is 12.2. The zero-order valence-electron chi connectivity index (χ0n) is 11.4. The van der Waals surface area contributed by atoms with Crippen molar-refractivity contribution < 1.29 is 12.8 Å². The van der Waals surface area contributed by atoms with Crippen LogP contribution in [0.2, 0.25) is 0 Å². The number of aromatic nitrogens is 2. The molecule has 110 valence electrons. The lowest BCUT2D eigenvalue weighted by Crippen LogP contribution is -2.39. The summed E-state index contributed by atoms with van der Waals surface area (Å²) in [6.45, 7) is 1.18. The molecule has 20 heavy (non-hydrogen) atoms. The fourth-order valence-electron chi connectivity index (χ4n) is 2.84. The summed E-state index contributed by atoms with van der Waals surface area (Å²) in [5, 5.41) is 8.15. The fraction of sp³-hybridized carbons (Fsp3) is 0.846. The van der Waals surface area contributed by atoms with E-state index in [2.05, 4.69) is 10.2 Å². The molecule has 6 nitrogen and oxygen atoms in total. The first-order valence-corrected chi connectivity index (χ1v) is 8.97. The van der Waals surface area contributed by atoms with E-state index in [0.717, 1.165) is 44.4 Å². The van der Waals surface area contributed by atoms with E-state index < -0.39 is 10.0 Å². The lowest BCUT2D eigenvalue weighted by atomic mass is 9.98. The van der Waals surface area contributed by atoms with Gasteiger partial charge in [0, 0.05) is 24.9 Å². The highest BCUT2D eigenvalue weighted by Gasteiger charge is 2.42. The van der Waals surface area contributed by atoms with Crippen LogP contribution in [0.1, 0.15) is 62.1 Å². The van der Waals surface area contributed by atoms with Crippen molar-refractivity contribution >= 4 is 10.0 Å². The number of hydrogen-bond acceptors (Lipinski definition) is 5. The Morgan fingerprint density at radius 1 is 0.900 bits per heavy atom. The van der Waals surface area contributed by atoms with E-state index in [1.54, 1.807) is 4.31 Å². The Balaban J connectivity index is 1.41. The van der Waals surface area contributed by atoms with Crippen LogP contribution in [0.5, 0.6) is 0 Å². The Morgan fingerprint density at radius 3 is 1.95 bits per heavy atom. The lowest BCUT2D eigenvalue weighted by molar-refractivity contribution is 0.286. The summed E-state index contributed by atoms with van der Waals surface area (Å²) in [6, 6.07) is 0. The zero-order valence-corrected chi connectivity index (χ0v) is 12.2. The average Bonchev–Trinajstić information content (AvgIpc) is 3.36. The molecule has 0 radical (unpaired) electrons. The van der Waals surface area contributed by atoms with Crippen LogP contribution in [-0.4, -0.2) is 41.3 Å². The van der Waals surface area contributed by atoms with Gasteiger partial charge in [-0.1, -0.05) is 0 Å². The molecule has 0 amide bonds. The zero-order chi connectivity index (χ0) is 13.7. The summed E-state index contributed by atoms with van der Waals surface area (Å²) in [5.41, 5.74) is 0. The minimum Gasteiger partial charge on any atom is -0.425 e. The third kappa shape index (κ3) is 2.26. The van der Waals surface area contributed by atoms with E-state index in [9.17, 15) is 8.42 Å². The molecule has 3 fully saturated rings. The number of rotatable bonds is 4. The van der Waals surface area contributed by atoms with Gasteiger partial charge in [0.2, 0.25) is 21.8 Å². The summed E-state index contributed by atoms with van der Waals surface area (Å²) >= 11 is 0. The highest BCUT2D eigenvalue weighted by Crippen LogP contribution is 2.40. The molecule has 0 unspecified atom stereocenters. The molecule has 1 saturated heterocycles. The van der Waals surface area contributed by atoms with E-state index in [4.69, 9.17) is 4.42 Å². The highest BCUT2D eigenvalue weighted by atomic mass is 32.2. The first-order valence-electron chi connectivity index (χ1n) is 7.47. The van der Waals surface area contributed by atoms with E-state index in [0.29, 0.717) is 24.9 Å². The third-order valence-electron chi connectivity index (χ3n) is 4.49. The van der Waals surface area contributed by atoms with Gasteiger partial charge in [-0.3, -0.25) is 0 Å². The minimum absolute atomic E-state index is 0.107. The lowest BCUT2D eigenvalue weighted by Gasteiger charge is -2.29. The second-order valence-corrected chi connectivity index (χ2v) is 8.38. The quantitative estimate of drug-likeness (QED) is 0.844. The first kappa shape index (κ1) is 12.8. The molecule has 2 heterocycles. The Bertz CT molecular complexity index is 596. The van der Waals surface area contributed by atoms with Gasteiger partial charge in [0.1, 0.15) is 0 Å². The van der Waals surface area contributed by atoms with E-state index in [-0.39, 0.29) is 11.2 Å². The summed E-state index contributed by atoms with van der Waals surface area (Å²) in [6.07, 6.45) is 5.54. The van der Waals surface area contributed by atoms with Crippen LogP contribution in [0.4, 0.5) is 0 Å². The maximum atomic E-state index is 12.2. The van der Waals surface area contributed by atoms with Crippen LogP contribution in [0.3, 0.4) is 0 Å². The van der Waals surface area contributed by atoms with Crippen LogP contribution < -0.4 is 0 Å². The van der Waals surface area contributed by atoms with Gasteiger partial charge in [0.05, 0.1) is 5.25 Å². The van der Waals surface area contributed by atoms with Crippen molar-refractivity contribution in [1.29, 1.82) is 0 Å². The molecule has 1 aromatic rings. The molecule has 0 bridgehead atoms. The molecular formula is C13H19N3O3S. The topological polar surface area (TPSA) is 76.3 Å². The van der Waals surface area contributed by atoms with Crippen molar-refractivity contribution in [3.63, 3.8) is 0 Å². The summed E-state index contributed by atoms with van der Waals surface area (Å²) in [7, 11) is -3.03. The Labute approximate surface area is 118 Å². The second-order valence-electron chi connectivity index (χ2n) is 6.17. The molecule has 2 saturated carbocycles. The average molecular weight is 297 g/mol. The third-order valence-corrected chi connectivity index (χ3v) is 6.89. The van der Waals surface area contributed by atoms with Gasteiger partial charge in [-0.05, 0) is 38.5 Å². The smallest absolute Gasteiger partial charge is 0.219 e. The van der Waals surface area contributed by atoms with Crippen molar-refractivity contribution in [2.75, 3.05) is 13.1 Å². The van der Waals surface area contributed by atoms with Gasteiger partial charge in [0.15, 0.2) is 0 Å². The summed E-state index contributed by atoms with van der Waals surface area (Å²) < 4.78 is 31.7. The van der Waals surface area contributed by atoms with Crippen LogP contribution in [0.25, 0.3) is 0 Å².